The molecule has 1 aliphatic heterocycles. The van der Waals surface area contributed by atoms with Gasteiger partial charge in [0.2, 0.25) is 70.9 Å². The Morgan fingerprint density at radius 3 is 1.17 bits per heavy atom. The number of carbonyl (C=O) groups is 18. The molecule has 1 saturated heterocycles. The molecule has 133 heavy (non-hydrogen) atoms. The first kappa shape index (κ1) is 122. The topological polar surface area (TPSA) is 808 Å². The summed E-state index contributed by atoms with van der Waals surface area (Å²) in [6.07, 6.45) is 15.9. The van der Waals surface area contributed by atoms with Crippen molar-refractivity contribution >= 4 is 129 Å². The SMILES string of the molecule is CCCCCCCCCCCCCCCC(=O)N[C@@H](CCCN=C(N)N)C(=O)C[C@@H](CCC(N)=O)C(=O)N[C@@H](C)C(=O)C[C@@H](CCC(N)=O)C(C)=O.CN[C@@H](CCCN=C(N)N)C(=O)C[C@@H](CCCN=C(N)N)C(=O)N1CCC[C@H]1C(=O)N[C@@H](CCC(N)=O)C(=O)N[C@@H](CCCN=C(N)N)C(=O)C[C@@H](CCC(N)=O)C(=O)N[C@@H](CCCCN)C(=O)C[C@@H](C)C(=O)N[C@H](C(N)=O)C(C)C. The van der Waals surface area contributed by atoms with Gasteiger partial charge < -0.3 is 122 Å². The second-order valence-electron chi connectivity index (χ2n) is 34.9. The van der Waals surface area contributed by atoms with Crippen LogP contribution in [0, 0.1) is 35.5 Å². The summed E-state index contributed by atoms with van der Waals surface area (Å²) >= 11 is 0. The van der Waals surface area contributed by atoms with E-state index in [1.54, 1.807) is 20.9 Å². The summed E-state index contributed by atoms with van der Waals surface area (Å²) in [6, 6.07) is -8.76. The Kier molecular flexibility index (Phi) is 64.4. The van der Waals surface area contributed by atoms with Crippen LogP contribution in [0.15, 0.2) is 20.0 Å². The number of ketones is 6. The smallest absolute Gasteiger partial charge is 0.243 e. The molecule has 0 aliphatic carbocycles. The molecule has 0 aromatic heterocycles. The molecule has 0 bridgehead atoms. The zero-order valence-electron chi connectivity index (χ0n) is 79.8. The summed E-state index contributed by atoms with van der Waals surface area (Å²) in [5.74, 6) is -16.6. The summed E-state index contributed by atoms with van der Waals surface area (Å²) in [5, 5.41) is 19.0. The fourth-order valence-corrected chi connectivity index (χ4v) is 15.2. The number of likely N-dealkylation sites (tertiary alicyclic amines) is 1. The fraction of sp³-hybridized carbons (Fsp3) is 0.753. The highest BCUT2D eigenvalue weighted by Gasteiger charge is 2.41. The number of hydrogen-bond donors (Lipinski definition) is 21. The molecule has 35 N–H and O–H groups in total. The van der Waals surface area contributed by atoms with Gasteiger partial charge in [0.1, 0.15) is 23.9 Å². The summed E-state index contributed by atoms with van der Waals surface area (Å²) in [5.41, 5.74) is 76.5. The predicted octanol–water partition coefficient (Wildman–Crippen LogP) is -1.01. The lowest BCUT2D eigenvalue weighted by Gasteiger charge is -2.30. The number of unbranched alkanes of at least 4 members (excludes halogenated alkanes) is 13. The van der Waals surface area contributed by atoms with E-state index in [1.807, 2.05) is 0 Å². The lowest BCUT2D eigenvalue weighted by molar-refractivity contribution is -0.144. The third kappa shape index (κ3) is 57.0. The van der Waals surface area contributed by atoms with Gasteiger partial charge in [-0.25, -0.2) is 0 Å². The van der Waals surface area contributed by atoms with Gasteiger partial charge in [0.05, 0.1) is 30.2 Å². The van der Waals surface area contributed by atoms with E-state index in [1.165, 1.54) is 83.5 Å². The number of likely N-dealkylation sites (N-methyl/N-ethyl adjacent to an activating group) is 1. The van der Waals surface area contributed by atoms with Crippen LogP contribution in [0.1, 0.15) is 298 Å². The Hall–Kier alpha value is -11.3. The van der Waals surface area contributed by atoms with Crippen molar-refractivity contribution < 1.29 is 86.3 Å². The standard InChI is InChI=1S/C51H93N19O11.C38H69N7O7/c1-28(2)42(43(55)76)69-44(77)29(3)25-37(71)33(12-5-6-20-52)66-45(78)30(16-18-40(53)74)26-39(73)34(14-9-23-65-51(60)61)67-46(79)35(17-19-41(54)75)68-47(80)36-15-10-24-70(36)48(81)31(11-7-21-63-49(56)57)27-38(72)32(62-4)13-8-22-64-50(58)59;1-4-5-6-7-8-9-10-11-12-13-14-15-16-19-36(51)45-31(18-17-24-43-38(41)42)33(48)26-30(21-23-35(40)50)37(52)44-27(2)32(47)25-29(28(3)46)20-22-34(39)49/h28-36,42,62H,5-27,52H2,1-4H3,(H2,53,74)(H2,54,75)(H2,55,76)(H,66,78)(H,67,79)(H,68,80)(H,69,77)(H4,56,57,63)(H4,58,59,64)(H4,60,61,65);27,29-31H,4-26H2,1-3H3,(H2,39,49)(H2,40,50)(H,44,52)(H,45,51)(H4,41,42,43)/t29-,30-,31-,32+,33+,34+,35+,36+,42+;27-,29+,30+,31-/m10/s1. The lowest BCUT2D eigenvalue weighted by atomic mass is 9.90. The molecule has 13 atom stereocenters. The van der Waals surface area contributed by atoms with Gasteiger partial charge >= 0.3 is 0 Å². The van der Waals surface area contributed by atoms with Crippen LogP contribution in [0.25, 0.3) is 0 Å². The molecular weight excluding hydrogens is 1720 g/mol. The highest BCUT2D eigenvalue weighted by Crippen LogP contribution is 2.27. The number of hydrogen-bond acceptors (Lipinski definition) is 24. The highest BCUT2D eigenvalue weighted by molar-refractivity contribution is 6.00. The molecule has 1 fully saturated rings. The molecule has 44 nitrogen and oxygen atoms in total. The number of Topliss-reactive ketones (excluding diaryl/α,β-unsaturated/α-hetero) is 6. The van der Waals surface area contributed by atoms with Crippen LogP contribution in [-0.2, 0) is 86.3 Å². The van der Waals surface area contributed by atoms with Gasteiger partial charge in [-0.3, -0.25) is 106 Å². The summed E-state index contributed by atoms with van der Waals surface area (Å²) in [6.45, 7) is 10.9. The van der Waals surface area contributed by atoms with Gasteiger partial charge in [0, 0.05) is 127 Å². The van der Waals surface area contributed by atoms with E-state index in [2.05, 4.69) is 64.1 Å². The van der Waals surface area contributed by atoms with Crippen LogP contribution in [0.4, 0.5) is 0 Å². The molecule has 0 aromatic rings. The zero-order valence-corrected chi connectivity index (χ0v) is 79.8. The summed E-state index contributed by atoms with van der Waals surface area (Å²) in [7, 11) is 1.61. The van der Waals surface area contributed by atoms with E-state index in [0.29, 0.717) is 51.4 Å². The molecule has 0 unspecified atom stereocenters. The number of aliphatic imine (C=N–C) groups is 4. The molecule has 1 rings (SSSR count). The molecule has 1 heterocycles. The highest BCUT2D eigenvalue weighted by atomic mass is 16.2. The molecule has 1 aliphatic rings. The average molecular weight is 1880 g/mol. The number of nitrogens with two attached hydrogens (primary N) is 14. The van der Waals surface area contributed by atoms with E-state index in [9.17, 15) is 86.3 Å². The third-order valence-corrected chi connectivity index (χ3v) is 23.1. The number of guanidine groups is 4. The molecule has 0 spiro atoms. The zero-order chi connectivity index (χ0) is 101. The van der Waals surface area contributed by atoms with Crippen LogP contribution in [-0.4, -0.2) is 229 Å². The van der Waals surface area contributed by atoms with Crippen molar-refractivity contribution in [2.75, 3.05) is 46.3 Å². The molecule has 12 amide bonds. The third-order valence-electron chi connectivity index (χ3n) is 23.1. The van der Waals surface area contributed by atoms with Gasteiger partial charge in [-0.1, -0.05) is 105 Å². The minimum absolute atomic E-state index is 0.000564. The summed E-state index contributed by atoms with van der Waals surface area (Å²) in [4.78, 5) is 253. The average Bonchev–Trinajstić information content (AvgIpc) is 1.70. The first-order valence-corrected chi connectivity index (χ1v) is 47.1. The number of carbonyl (C=O) groups excluding carboxylic acids is 18. The first-order valence-electron chi connectivity index (χ1n) is 47.1. The van der Waals surface area contributed by atoms with Gasteiger partial charge in [-0.05, 0) is 149 Å². The van der Waals surface area contributed by atoms with Gasteiger partial charge in [-0.15, -0.1) is 0 Å². The summed E-state index contributed by atoms with van der Waals surface area (Å²) < 4.78 is 0. The van der Waals surface area contributed by atoms with E-state index in [4.69, 9.17) is 80.3 Å². The Labute approximate surface area is 783 Å². The molecule has 0 radical (unpaired) electrons. The minimum Gasteiger partial charge on any atom is -0.370 e. The quantitative estimate of drug-likeness (QED) is 0.0197. The van der Waals surface area contributed by atoms with Gasteiger partial charge in [0.15, 0.2) is 52.8 Å². The largest absolute Gasteiger partial charge is 0.370 e. The van der Waals surface area contributed by atoms with E-state index in [-0.39, 0.29) is 202 Å². The predicted molar refractivity (Wildman–Crippen MR) is 507 cm³/mol. The maximum Gasteiger partial charge on any atom is 0.243 e. The van der Waals surface area contributed by atoms with Crippen molar-refractivity contribution in [1.82, 2.24) is 42.1 Å². The molecule has 0 aromatic carbocycles. The number of amides is 12. The van der Waals surface area contributed by atoms with Crippen molar-refractivity contribution in [1.29, 1.82) is 0 Å². The van der Waals surface area contributed by atoms with E-state index >= 15 is 0 Å². The van der Waals surface area contributed by atoms with Crippen LogP contribution in [0.3, 0.4) is 0 Å². The minimum atomic E-state index is -1.51. The number of rotatable bonds is 77. The Morgan fingerprint density at radius 1 is 0.361 bits per heavy atom. The molecule has 756 valence electrons. The van der Waals surface area contributed by atoms with Crippen molar-refractivity contribution in [2.45, 2.75) is 347 Å². The van der Waals surface area contributed by atoms with E-state index < -0.39 is 179 Å². The van der Waals surface area contributed by atoms with Crippen LogP contribution >= 0.6 is 0 Å². The van der Waals surface area contributed by atoms with Crippen LogP contribution in [0.2, 0.25) is 0 Å². The Morgan fingerprint density at radius 2 is 0.744 bits per heavy atom. The fourth-order valence-electron chi connectivity index (χ4n) is 15.2. The second-order valence-corrected chi connectivity index (χ2v) is 34.9. The maximum absolute atomic E-state index is 14.4. The second kappa shape index (κ2) is 70.4. The van der Waals surface area contributed by atoms with Crippen molar-refractivity contribution in [2.24, 2.45) is 136 Å². The monoisotopic (exact) mass is 1880 g/mol. The number of primary amides is 5. The lowest BCUT2D eigenvalue weighted by Crippen LogP contribution is -2.56. The van der Waals surface area contributed by atoms with Crippen molar-refractivity contribution in [3.05, 3.63) is 0 Å². The van der Waals surface area contributed by atoms with Crippen LogP contribution in [0.5, 0.6) is 0 Å². The van der Waals surface area contributed by atoms with Gasteiger partial charge in [0.25, 0.3) is 0 Å². The van der Waals surface area contributed by atoms with Gasteiger partial charge in [-0.2, -0.15) is 0 Å². The number of nitrogens with one attached hydrogen (secondary N) is 7. The number of nitrogens with zero attached hydrogens (tertiary/aromatic N) is 5. The van der Waals surface area contributed by atoms with E-state index in [0.717, 1.165) is 19.3 Å². The Bertz CT molecular complexity index is 3810. The maximum atomic E-state index is 14.4. The first-order chi connectivity index (χ1) is 62.8. The Balaban J connectivity index is 0.00000289. The normalized spacial score (nSPS) is 14.9. The van der Waals surface area contributed by atoms with Crippen molar-refractivity contribution in [3.63, 3.8) is 0 Å². The molecular formula is C89H162N26O18. The molecule has 0 saturated carbocycles. The molecule has 44 heteroatoms. The van der Waals surface area contributed by atoms with Crippen molar-refractivity contribution in [3.8, 4) is 0 Å². The van der Waals surface area contributed by atoms with Crippen LogP contribution < -0.4 is 117 Å².